The van der Waals surface area contributed by atoms with Gasteiger partial charge in [0.25, 0.3) is 0 Å². The normalized spacial score (nSPS) is 22.3. The molecule has 1 fully saturated rings. The first-order valence-electron chi connectivity index (χ1n) is 5.93. The Hall–Kier alpha value is -1.81. The van der Waals surface area contributed by atoms with E-state index in [0.717, 1.165) is 23.3 Å². The van der Waals surface area contributed by atoms with E-state index in [1.54, 1.807) is 0 Å². The zero-order valence-corrected chi connectivity index (χ0v) is 9.89. The molecule has 2 aromatic rings. The van der Waals surface area contributed by atoms with Gasteiger partial charge in [-0.3, -0.25) is 0 Å². The Labute approximate surface area is 108 Å². The van der Waals surface area contributed by atoms with Crippen molar-refractivity contribution in [3.8, 4) is 0 Å². The summed E-state index contributed by atoms with van der Waals surface area (Å²) < 4.78 is 42.9. The molecule has 1 aliphatic heterocycles. The average Bonchev–Trinajstić information content (AvgIpc) is 3.19. The Kier molecular flexibility index (Phi) is 2.82. The van der Waals surface area contributed by atoms with Crippen LogP contribution in [0.3, 0.4) is 0 Å². The third-order valence-electron chi connectivity index (χ3n) is 3.19. The van der Waals surface area contributed by atoms with E-state index in [2.05, 4.69) is 0 Å². The third kappa shape index (κ3) is 2.49. The third-order valence-corrected chi connectivity index (χ3v) is 3.19. The van der Waals surface area contributed by atoms with Crippen LogP contribution in [0.4, 0.5) is 13.2 Å². The molecule has 1 heterocycles. The van der Waals surface area contributed by atoms with Crippen molar-refractivity contribution in [2.45, 2.75) is 18.4 Å². The Bertz CT molecular complexity index is 560. The van der Waals surface area contributed by atoms with Gasteiger partial charge >= 0.3 is 6.18 Å². The molecule has 0 radical (unpaired) electrons. The maximum atomic E-state index is 12.4. The molecular weight excluding hydrogens is 253 g/mol. The molecule has 1 aliphatic rings. The lowest BCUT2D eigenvalue weighted by molar-refractivity contribution is -0.137. The number of ether oxygens (including phenoxy) is 1. The topological polar surface area (TPSA) is 12.5 Å². The van der Waals surface area contributed by atoms with E-state index < -0.39 is 11.7 Å². The van der Waals surface area contributed by atoms with E-state index >= 15 is 0 Å². The molecule has 0 saturated carbocycles. The number of epoxide rings is 1. The van der Waals surface area contributed by atoms with E-state index in [-0.39, 0.29) is 12.2 Å². The highest BCUT2D eigenvalue weighted by Crippen LogP contribution is 2.50. The van der Waals surface area contributed by atoms with Crippen LogP contribution in [-0.4, -0.2) is 0 Å². The van der Waals surface area contributed by atoms with Crippen molar-refractivity contribution < 1.29 is 17.9 Å². The minimum absolute atomic E-state index is 0.0436. The van der Waals surface area contributed by atoms with Crippen molar-refractivity contribution in [1.29, 1.82) is 0 Å². The number of hydrogen-bond acceptors (Lipinski definition) is 1. The minimum Gasteiger partial charge on any atom is -0.359 e. The minimum atomic E-state index is -4.29. The fourth-order valence-electron chi connectivity index (χ4n) is 2.12. The van der Waals surface area contributed by atoms with Crippen LogP contribution in [0.5, 0.6) is 0 Å². The second-order valence-corrected chi connectivity index (χ2v) is 4.51. The van der Waals surface area contributed by atoms with Crippen molar-refractivity contribution in [2.24, 2.45) is 0 Å². The predicted molar refractivity (Wildman–Crippen MR) is 64.5 cm³/mol. The number of benzene rings is 2. The molecule has 4 heteroatoms. The highest BCUT2D eigenvalue weighted by Gasteiger charge is 2.41. The van der Waals surface area contributed by atoms with Gasteiger partial charge in [-0.1, -0.05) is 42.5 Å². The molecule has 0 amide bonds. The van der Waals surface area contributed by atoms with Crippen LogP contribution >= 0.6 is 0 Å². The summed E-state index contributed by atoms with van der Waals surface area (Å²) in [4.78, 5) is 0. The van der Waals surface area contributed by atoms with Gasteiger partial charge in [0.2, 0.25) is 0 Å². The van der Waals surface area contributed by atoms with E-state index in [0.29, 0.717) is 0 Å². The van der Waals surface area contributed by atoms with Crippen molar-refractivity contribution in [3.63, 3.8) is 0 Å². The van der Waals surface area contributed by atoms with E-state index in [4.69, 9.17) is 4.74 Å². The number of halogens is 3. The molecule has 0 spiro atoms. The van der Waals surface area contributed by atoms with Crippen molar-refractivity contribution in [1.82, 2.24) is 0 Å². The second kappa shape index (κ2) is 4.38. The van der Waals surface area contributed by atoms with Gasteiger partial charge in [0.15, 0.2) is 0 Å². The Morgan fingerprint density at radius 1 is 0.737 bits per heavy atom. The number of rotatable bonds is 2. The molecule has 0 aliphatic carbocycles. The smallest absolute Gasteiger partial charge is 0.359 e. The van der Waals surface area contributed by atoms with Gasteiger partial charge < -0.3 is 4.74 Å². The van der Waals surface area contributed by atoms with Crippen molar-refractivity contribution in [2.75, 3.05) is 0 Å². The van der Waals surface area contributed by atoms with Gasteiger partial charge in [-0.25, -0.2) is 0 Å². The predicted octanol–water partition coefficient (Wildman–Crippen LogP) is 4.52. The van der Waals surface area contributed by atoms with Gasteiger partial charge in [0, 0.05) is 0 Å². The van der Waals surface area contributed by atoms with Gasteiger partial charge in [-0.15, -0.1) is 0 Å². The van der Waals surface area contributed by atoms with Crippen LogP contribution in [0.1, 0.15) is 28.9 Å². The van der Waals surface area contributed by atoms with Crippen molar-refractivity contribution in [3.05, 3.63) is 71.3 Å². The molecule has 0 aromatic heterocycles. The SMILES string of the molecule is FC(F)(F)c1ccc([C@H]2O[C@@H]2c2ccccc2)cc1. The standard InChI is InChI=1S/C15H11F3O/c16-15(17,18)12-8-6-11(7-9-12)14-13(19-14)10-4-2-1-3-5-10/h1-9,13-14H/t13-,14-/m1/s1. The molecule has 0 N–H and O–H groups in total. The summed E-state index contributed by atoms with van der Waals surface area (Å²) in [5.41, 5.74) is 1.20. The number of hydrogen-bond donors (Lipinski definition) is 0. The first-order valence-corrected chi connectivity index (χ1v) is 5.93. The first kappa shape index (κ1) is 12.2. The van der Waals surface area contributed by atoms with Crippen molar-refractivity contribution >= 4 is 0 Å². The molecule has 3 rings (SSSR count). The maximum absolute atomic E-state index is 12.4. The lowest BCUT2D eigenvalue weighted by Crippen LogP contribution is -2.04. The van der Waals surface area contributed by atoms with Gasteiger partial charge in [0.05, 0.1) is 5.56 Å². The van der Waals surface area contributed by atoms with Gasteiger partial charge in [-0.2, -0.15) is 13.2 Å². The Morgan fingerprint density at radius 3 is 1.79 bits per heavy atom. The summed E-state index contributed by atoms with van der Waals surface area (Å²) in [7, 11) is 0. The molecule has 0 bridgehead atoms. The van der Waals surface area contributed by atoms with Crippen LogP contribution < -0.4 is 0 Å². The monoisotopic (exact) mass is 264 g/mol. The average molecular weight is 264 g/mol. The lowest BCUT2D eigenvalue weighted by atomic mass is 10.0. The first-order chi connectivity index (χ1) is 9.05. The summed E-state index contributed by atoms with van der Waals surface area (Å²) in [5.74, 6) is 0. The largest absolute Gasteiger partial charge is 0.416 e. The second-order valence-electron chi connectivity index (χ2n) is 4.51. The highest BCUT2D eigenvalue weighted by atomic mass is 19.4. The summed E-state index contributed by atoms with van der Waals surface area (Å²) in [6.07, 6.45) is -4.47. The molecule has 0 unspecified atom stereocenters. The van der Waals surface area contributed by atoms with Crippen LogP contribution in [0.15, 0.2) is 54.6 Å². The van der Waals surface area contributed by atoms with Crippen LogP contribution in [0, 0.1) is 0 Å². The van der Waals surface area contributed by atoms with E-state index in [1.165, 1.54) is 12.1 Å². The van der Waals surface area contributed by atoms with Crippen LogP contribution in [0.25, 0.3) is 0 Å². The Balaban J connectivity index is 1.76. The number of alkyl halides is 3. The van der Waals surface area contributed by atoms with Gasteiger partial charge in [-0.05, 0) is 23.3 Å². The fraction of sp³-hybridized carbons (Fsp3) is 0.200. The maximum Gasteiger partial charge on any atom is 0.416 e. The molecular formula is C15H11F3O. The van der Waals surface area contributed by atoms with E-state index in [9.17, 15) is 13.2 Å². The fourth-order valence-corrected chi connectivity index (χ4v) is 2.12. The van der Waals surface area contributed by atoms with Gasteiger partial charge in [0.1, 0.15) is 12.2 Å². The van der Waals surface area contributed by atoms with E-state index in [1.807, 2.05) is 30.3 Å². The van der Waals surface area contributed by atoms with Crippen LogP contribution in [0.2, 0.25) is 0 Å². The molecule has 1 nitrogen and oxygen atoms in total. The summed E-state index contributed by atoms with van der Waals surface area (Å²) in [6, 6.07) is 14.8. The Morgan fingerprint density at radius 2 is 1.26 bits per heavy atom. The molecule has 1 saturated heterocycles. The molecule has 98 valence electrons. The summed E-state index contributed by atoms with van der Waals surface area (Å²) in [5, 5.41) is 0. The lowest BCUT2D eigenvalue weighted by Gasteiger charge is -2.06. The zero-order chi connectivity index (χ0) is 13.5. The molecule has 19 heavy (non-hydrogen) atoms. The summed E-state index contributed by atoms with van der Waals surface area (Å²) >= 11 is 0. The highest BCUT2D eigenvalue weighted by molar-refractivity contribution is 5.32. The van der Waals surface area contributed by atoms with Crippen LogP contribution in [-0.2, 0) is 10.9 Å². The molecule has 2 aromatic carbocycles. The summed E-state index contributed by atoms with van der Waals surface area (Å²) in [6.45, 7) is 0. The quantitative estimate of drug-likeness (QED) is 0.726. The zero-order valence-electron chi connectivity index (χ0n) is 9.89. The molecule has 2 atom stereocenters.